The molecule has 4 rings (SSSR count). The summed E-state index contributed by atoms with van der Waals surface area (Å²) in [6.45, 7) is 3.82. The van der Waals surface area contributed by atoms with Crippen molar-refractivity contribution in [2.24, 2.45) is 0 Å². The maximum absolute atomic E-state index is 9.30. The van der Waals surface area contributed by atoms with Crippen molar-refractivity contribution < 1.29 is 0 Å². The lowest BCUT2D eigenvalue weighted by Gasteiger charge is -2.16. The predicted molar refractivity (Wildman–Crippen MR) is 101 cm³/mol. The molecule has 5 nitrogen and oxygen atoms in total. The molecular formula is C19H14BrN5. The summed E-state index contributed by atoms with van der Waals surface area (Å²) >= 11 is 3.52. The highest BCUT2D eigenvalue weighted by molar-refractivity contribution is 9.10. The van der Waals surface area contributed by atoms with Crippen LogP contribution in [0.4, 0.5) is 0 Å². The summed E-state index contributed by atoms with van der Waals surface area (Å²) in [6, 6.07) is 16.2. The van der Waals surface area contributed by atoms with Crippen molar-refractivity contribution in [2.45, 2.75) is 19.3 Å². The minimum absolute atomic E-state index is 0.515. The summed E-state index contributed by atoms with van der Waals surface area (Å²) in [5, 5.41) is 18.7. The number of nitrogens with zero attached hydrogens (tertiary/aromatic N) is 5. The number of hydrogen-bond donors (Lipinski definition) is 0. The topological polar surface area (TPSA) is 67.4 Å². The molecule has 0 bridgehead atoms. The van der Waals surface area contributed by atoms with E-state index in [0.29, 0.717) is 5.65 Å². The molecule has 0 spiro atoms. The lowest BCUT2D eigenvalue weighted by Crippen LogP contribution is -2.13. The Kier molecular flexibility index (Phi) is 3.55. The van der Waals surface area contributed by atoms with E-state index in [-0.39, 0.29) is 0 Å². The maximum atomic E-state index is 9.30. The van der Waals surface area contributed by atoms with Crippen molar-refractivity contribution in [1.29, 1.82) is 5.26 Å². The molecule has 25 heavy (non-hydrogen) atoms. The number of fused-ring (bicyclic) bond motifs is 3. The van der Waals surface area contributed by atoms with Gasteiger partial charge in [-0.2, -0.15) is 5.26 Å². The molecule has 6 heteroatoms. The van der Waals surface area contributed by atoms with Crippen LogP contribution in [0.25, 0.3) is 27.8 Å². The second kappa shape index (κ2) is 5.64. The zero-order valence-electron chi connectivity index (χ0n) is 13.7. The van der Waals surface area contributed by atoms with Gasteiger partial charge < -0.3 is 0 Å². The van der Waals surface area contributed by atoms with Crippen LogP contribution in [0.15, 0.2) is 53.3 Å². The maximum Gasteiger partial charge on any atom is 0.200 e. The van der Waals surface area contributed by atoms with Crippen molar-refractivity contribution in [3.63, 3.8) is 0 Å². The molecule has 122 valence electrons. The molecule has 2 heterocycles. The lowest BCUT2D eigenvalue weighted by atomic mass is 9.86. The van der Waals surface area contributed by atoms with E-state index in [1.165, 1.54) is 0 Å². The van der Waals surface area contributed by atoms with E-state index < -0.39 is 5.41 Å². The third-order valence-corrected chi connectivity index (χ3v) is 4.85. The van der Waals surface area contributed by atoms with Crippen LogP contribution < -0.4 is 0 Å². The van der Waals surface area contributed by atoms with Gasteiger partial charge in [0, 0.05) is 15.5 Å². The smallest absolute Gasteiger partial charge is 0.200 e. The molecule has 0 fully saturated rings. The molecule has 0 radical (unpaired) electrons. The normalized spacial score (nSPS) is 11.8. The highest BCUT2D eigenvalue weighted by Crippen LogP contribution is 2.28. The van der Waals surface area contributed by atoms with Gasteiger partial charge in [-0.3, -0.25) is 4.57 Å². The minimum atomic E-state index is -0.515. The van der Waals surface area contributed by atoms with Crippen molar-refractivity contribution in [3.05, 3.63) is 58.8 Å². The summed E-state index contributed by atoms with van der Waals surface area (Å²) in [5.41, 5.74) is 3.77. The van der Waals surface area contributed by atoms with Crippen LogP contribution in [-0.4, -0.2) is 19.7 Å². The van der Waals surface area contributed by atoms with Crippen LogP contribution in [0, 0.1) is 11.3 Å². The first-order valence-corrected chi connectivity index (χ1v) is 8.60. The Morgan fingerprint density at radius 1 is 1.08 bits per heavy atom. The van der Waals surface area contributed by atoms with Crippen LogP contribution in [-0.2, 0) is 5.41 Å². The molecule has 0 unspecified atom stereocenters. The fourth-order valence-electron chi connectivity index (χ4n) is 2.85. The van der Waals surface area contributed by atoms with Crippen LogP contribution >= 0.6 is 15.9 Å². The summed E-state index contributed by atoms with van der Waals surface area (Å²) in [5.74, 6) is 0. The van der Waals surface area contributed by atoms with Gasteiger partial charge in [-0.15, -0.1) is 10.2 Å². The van der Waals surface area contributed by atoms with E-state index in [0.717, 1.165) is 32.1 Å². The predicted octanol–water partition coefficient (Wildman–Crippen LogP) is 4.53. The Hall–Kier alpha value is -2.78. The standard InChI is InChI=1S/C19H14BrN5/c1-19(2,10-21)12-3-6-14(7-4-12)25-11-22-18-17(25)15-9-13(20)5-8-16(15)23-24-18/h3-9,11H,1-2H3. The van der Waals surface area contributed by atoms with E-state index in [4.69, 9.17) is 0 Å². The SMILES string of the molecule is CC(C)(C#N)c1ccc(-n2cnc3nnc4ccc(Br)cc4c32)cc1. The molecule has 0 amide bonds. The van der Waals surface area contributed by atoms with Gasteiger partial charge in [0.1, 0.15) is 11.8 Å². The summed E-state index contributed by atoms with van der Waals surface area (Å²) in [7, 11) is 0. The van der Waals surface area contributed by atoms with Crippen molar-refractivity contribution in [3.8, 4) is 11.8 Å². The van der Waals surface area contributed by atoms with Gasteiger partial charge in [0.2, 0.25) is 5.65 Å². The summed E-state index contributed by atoms with van der Waals surface area (Å²) < 4.78 is 2.98. The van der Waals surface area contributed by atoms with Crippen LogP contribution in [0.5, 0.6) is 0 Å². The van der Waals surface area contributed by atoms with E-state index in [2.05, 4.69) is 37.2 Å². The number of rotatable bonds is 2. The molecule has 4 aromatic rings. The third-order valence-electron chi connectivity index (χ3n) is 4.36. The van der Waals surface area contributed by atoms with Crippen molar-refractivity contribution in [2.75, 3.05) is 0 Å². The zero-order chi connectivity index (χ0) is 17.6. The van der Waals surface area contributed by atoms with E-state index >= 15 is 0 Å². The van der Waals surface area contributed by atoms with Gasteiger partial charge in [0.05, 0.1) is 17.0 Å². The first kappa shape index (κ1) is 15.7. The molecule has 2 aromatic heterocycles. The van der Waals surface area contributed by atoms with Crippen LogP contribution in [0.1, 0.15) is 19.4 Å². The molecule has 0 saturated heterocycles. The third kappa shape index (κ3) is 2.57. The van der Waals surface area contributed by atoms with Gasteiger partial charge >= 0.3 is 0 Å². The first-order valence-electron chi connectivity index (χ1n) is 7.81. The van der Waals surface area contributed by atoms with Crippen molar-refractivity contribution >= 4 is 38.0 Å². The van der Waals surface area contributed by atoms with E-state index in [1.54, 1.807) is 6.33 Å². The van der Waals surface area contributed by atoms with E-state index in [1.807, 2.05) is 60.9 Å². The molecule has 0 N–H and O–H groups in total. The Balaban J connectivity index is 1.93. The Morgan fingerprint density at radius 2 is 1.84 bits per heavy atom. The van der Waals surface area contributed by atoms with E-state index in [9.17, 15) is 5.26 Å². The van der Waals surface area contributed by atoms with Gasteiger partial charge in [-0.1, -0.05) is 28.1 Å². The Labute approximate surface area is 153 Å². The average molecular weight is 392 g/mol. The second-order valence-electron chi connectivity index (χ2n) is 6.43. The highest BCUT2D eigenvalue weighted by Gasteiger charge is 2.19. The largest absolute Gasteiger partial charge is 0.297 e. The molecule has 2 aromatic carbocycles. The lowest BCUT2D eigenvalue weighted by molar-refractivity contribution is 0.686. The zero-order valence-corrected chi connectivity index (χ0v) is 15.3. The summed E-state index contributed by atoms with van der Waals surface area (Å²) in [6.07, 6.45) is 1.75. The van der Waals surface area contributed by atoms with Crippen LogP contribution in [0.3, 0.4) is 0 Å². The molecule has 0 aliphatic heterocycles. The molecule has 0 aliphatic carbocycles. The molecule has 0 saturated carbocycles. The number of hydrogen-bond acceptors (Lipinski definition) is 4. The number of halogens is 1. The van der Waals surface area contributed by atoms with Gasteiger partial charge in [0.25, 0.3) is 0 Å². The number of aromatic nitrogens is 4. The fourth-order valence-corrected chi connectivity index (χ4v) is 3.21. The van der Waals surface area contributed by atoms with Gasteiger partial charge in [0.15, 0.2) is 0 Å². The number of imidazole rings is 1. The van der Waals surface area contributed by atoms with Gasteiger partial charge in [-0.25, -0.2) is 4.98 Å². The monoisotopic (exact) mass is 391 g/mol. The molecule has 0 aliphatic rings. The van der Waals surface area contributed by atoms with Crippen molar-refractivity contribution in [1.82, 2.24) is 19.7 Å². The fraction of sp³-hybridized carbons (Fsp3) is 0.158. The molecule has 0 atom stereocenters. The Bertz CT molecular complexity index is 1140. The molecular weight excluding hydrogens is 378 g/mol. The minimum Gasteiger partial charge on any atom is -0.297 e. The average Bonchev–Trinajstić information content (AvgIpc) is 3.06. The summed E-state index contributed by atoms with van der Waals surface area (Å²) in [4.78, 5) is 4.38. The van der Waals surface area contributed by atoms with Gasteiger partial charge in [-0.05, 0) is 49.7 Å². The highest BCUT2D eigenvalue weighted by atomic mass is 79.9. The van der Waals surface area contributed by atoms with Crippen LogP contribution in [0.2, 0.25) is 0 Å². The number of nitriles is 1. The first-order chi connectivity index (χ1) is 12.0. The Morgan fingerprint density at radius 3 is 2.56 bits per heavy atom. The quantitative estimate of drug-likeness (QED) is 0.503. The number of benzene rings is 2. The second-order valence-corrected chi connectivity index (χ2v) is 7.35.